The van der Waals surface area contributed by atoms with Crippen LogP contribution in [-0.2, 0) is 20.8 Å². The fourth-order valence-corrected chi connectivity index (χ4v) is 4.36. The second-order valence-electron chi connectivity index (χ2n) is 8.47. The van der Waals surface area contributed by atoms with Crippen molar-refractivity contribution < 1.29 is 40.2 Å². The molecule has 3 aromatic carbocycles. The van der Waals surface area contributed by atoms with Crippen LogP contribution in [0.4, 0.5) is 17.6 Å². The summed E-state index contributed by atoms with van der Waals surface area (Å²) in [5, 5.41) is 0. The summed E-state index contributed by atoms with van der Waals surface area (Å²) in [6, 6.07) is 14.6. The second kappa shape index (κ2) is 11.0. The van der Waals surface area contributed by atoms with Crippen molar-refractivity contribution in [3.63, 3.8) is 0 Å². The summed E-state index contributed by atoms with van der Waals surface area (Å²) in [6.07, 6.45) is -3.96. The zero-order valence-corrected chi connectivity index (χ0v) is 22.2. The van der Waals surface area contributed by atoms with Gasteiger partial charge >= 0.3 is 6.18 Å². The number of hydrogen-bond acceptors (Lipinski definition) is 7. The lowest BCUT2D eigenvalue weighted by atomic mass is 10.00. The van der Waals surface area contributed by atoms with Gasteiger partial charge in [-0.05, 0) is 48.0 Å². The van der Waals surface area contributed by atoms with E-state index >= 15 is 0 Å². The number of hydrogen-bond donors (Lipinski definition) is 0. The Morgan fingerprint density at radius 2 is 1.50 bits per heavy atom. The highest BCUT2D eigenvalue weighted by Gasteiger charge is 2.37. The molecular weight excluding hydrogens is 552 g/mol. The summed E-state index contributed by atoms with van der Waals surface area (Å²) in [6.45, 7) is 3.77. The van der Waals surface area contributed by atoms with Gasteiger partial charge < -0.3 is 14.2 Å². The minimum atomic E-state index is -4.97. The van der Waals surface area contributed by atoms with Crippen LogP contribution in [0.15, 0.2) is 78.2 Å². The molecule has 0 saturated heterocycles. The van der Waals surface area contributed by atoms with Gasteiger partial charge in [-0.2, -0.15) is 18.2 Å². The van der Waals surface area contributed by atoms with E-state index in [9.17, 15) is 26.0 Å². The standard InChI is InChI=1S/C28H22F4N2O5S/c1-16(37-2)19-9-14-22(23(15-19)38-3)39-26-24(17-5-10-20(29)11-6-17)25(33-27(34-26)28(30,31)32)18-7-12-21(13-8-18)40(4,35)36/h5-15H,1H2,2-4H3. The summed E-state index contributed by atoms with van der Waals surface area (Å²) in [5.41, 5.74) is 0.717. The van der Waals surface area contributed by atoms with Crippen LogP contribution in [0.5, 0.6) is 17.4 Å². The van der Waals surface area contributed by atoms with E-state index in [2.05, 4.69) is 16.5 Å². The van der Waals surface area contributed by atoms with E-state index in [1.807, 2.05) is 0 Å². The van der Waals surface area contributed by atoms with E-state index in [0.717, 1.165) is 18.4 Å². The smallest absolute Gasteiger partial charge is 0.451 e. The first kappa shape index (κ1) is 28.6. The van der Waals surface area contributed by atoms with Gasteiger partial charge in [0.05, 0.1) is 30.4 Å². The molecule has 1 aromatic heterocycles. The Balaban J connectivity index is 1.99. The lowest BCUT2D eigenvalue weighted by molar-refractivity contribution is -0.145. The Labute approximate surface area is 227 Å². The minimum absolute atomic E-state index is 0.00698. The van der Waals surface area contributed by atoms with Crippen LogP contribution in [0.2, 0.25) is 0 Å². The summed E-state index contributed by atoms with van der Waals surface area (Å²) in [4.78, 5) is 7.43. The van der Waals surface area contributed by atoms with Gasteiger partial charge in [0.2, 0.25) is 11.7 Å². The van der Waals surface area contributed by atoms with Crippen LogP contribution in [0.25, 0.3) is 28.1 Å². The van der Waals surface area contributed by atoms with Gasteiger partial charge in [0, 0.05) is 17.4 Å². The minimum Gasteiger partial charge on any atom is -0.497 e. The van der Waals surface area contributed by atoms with Crippen molar-refractivity contribution in [2.45, 2.75) is 11.1 Å². The van der Waals surface area contributed by atoms with E-state index < -0.39 is 33.5 Å². The third-order valence-electron chi connectivity index (χ3n) is 5.76. The molecular formula is C28H22F4N2O5S. The molecule has 0 amide bonds. The largest absolute Gasteiger partial charge is 0.497 e. The van der Waals surface area contributed by atoms with E-state index in [1.54, 1.807) is 6.07 Å². The SMILES string of the molecule is C=C(OC)c1ccc(Oc2nc(C(F)(F)F)nc(-c3ccc(S(C)(=O)=O)cc3)c2-c2ccc(F)cc2)c(OC)c1. The molecule has 0 aliphatic carbocycles. The quantitative estimate of drug-likeness (QED) is 0.169. The van der Waals surface area contributed by atoms with Gasteiger partial charge in [-0.1, -0.05) is 30.8 Å². The Morgan fingerprint density at radius 1 is 0.875 bits per heavy atom. The maximum atomic E-state index is 14.0. The predicted octanol–water partition coefficient (Wildman–Crippen LogP) is 6.79. The van der Waals surface area contributed by atoms with Gasteiger partial charge in [-0.15, -0.1) is 0 Å². The number of methoxy groups -OCH3 is 2. The first-order valence-corrected chi connectivity index (χ1v) is 13.4. The molecule has 0 atom stereocenters. The summed E-state index contributed by atoms with van der Waals surface area (Å²) in [5.74, 6) is -2.09. The number of rotatable bonds is 8. The Hall–Kier alpha value is -4.45. The molecule has 0 N–H and O–H groups in total. The van der Waals surface area contributed by atoms with E-state index in [1.165, 1.54) is 62.8 Å². The highest BCUT2D eigenvalue weighted by atomic mass is 32.2. The molecule has 40 heavy (non-hydrogen) atoms. The summed E-state index contributed by atoms with van der Waals surface area (Å²) < 4.78 is 96.0. The highest BCUT2D eigenvalue weighted by Crippen LogP contribution is 2.43. The Bertz CT molecular complexity index is 1670. The molecule has 0 saturated carbocycles. The van der Waals surface area contributed by atoms with Crippen LogP contribution in [-0.4, -0.2) is 38.9 Å². The zero-order chi connectivity index (χ0) is 29.2. The van der Waals surface area contributed by atoms with Crippen molar-refractivity contribution in [2.75, 3.05) is 20.5 Å². The average molecular weight is 575 g/mol. The van der Waals surface area contributed by atoms with Crippen LogP contribution >= 0.6 is 0 Å². The molecule has 0 spiro atoms. The lowest BCUT2D eigenvalue weighted by Gasteiger charge is -2.19. The number of alkyl halides is 3. The maximum Gasteiger partial charge on any atom is 0.451 e. The number of benzene rings is 3. The number of aromatic nitrogens is 2. The van der Waals surface area contributed by atoms with Gasteiger partial charge in [0.15, 0.2) is 21.3 Å². The fourth-order valence-electron chi connectivity index (χ4n) is 3.73. The molecule has 0 aliphatic rings. The summed E-state index contributed by atoms with van der Waals surface area (Å²) >= 11 is 0. The molecule has 0 aliphatic heterocycles. The molecule has 0 bridgehead atoms. The monoisotopic (exact) mass is 574 g/mol. The molecule has 4 rings (SSSR count). The number of nitrogens with zero attached hydrogens (tertiary/aromatic N) is 2. The van der Waals surface area contributed by atoms with Crippen LogP contribution in [0.1, 0.15) is 11.4 Å². The van der Waals surface area contributed by atoms with E-state index in [4.69, 9.17) is 14.2 Å². The first-order valence-electron chi connectivity index (χ1n) is 11.5. The van der Waals surface area contributed by atoms with Crippen LogP contribution in [0.3, 0.4) is 0 Å². The second-order valence-corrected chi connectivity index (χ2v) is 10.5. The normalized spacial score (nSPS) is 11.7. The van der Waals surface area contributed by atoms with Crippen molar-refractivity contribution in [3.8, 4) is 39.8 Å². The number of sulfone groups is 1. The average Bonchev–Trinajstić information content (AvgIpc) is 2.92. The van der Waals surface area contributed by atoms with Gasteiger partial charge in [-0.25, -0.2) is 17.8 Å². The van der Waals surface area contributed by atoms with Crippen molar-refractivity contribution in [1.29, 1.82) is 0 Å². The van der Waals surface area contributed by atoms with Gasteiger partial charge in [0.25, 0.3) is 0 Å². The van der Waals surface area contributed by atoms with Crippen molar-refractivity contribution >= 4 is 15.6 Å². The highest BCUT2D eigenvalue weighted by molar-refractivity contribution is 7.90. The first-order chi connectivity index (χ1) is 18.8. The van der Waals surface area contributed by atoms with Gasteiger partial charge in [0.1, 0.15) is 11.6 Å². The van der Waals surface area contributed by atoms with Crippen molar-refractivity contribution in [3.05, 3.63) is 90.5 Å². The molecule has 7 nitrogen and oxygen atoms in total. The lowest BCUT2D eigenvalue weighted by Crippen LogP contribution is -2.13. The Morgan fingerprint density at radius 3 is 2.05 bits per heavy atom. The predicted molar refractivity (Wildman–Crippen MR) is 140 cm³/mol. The molecule has 4 aromatic rings. The van der Waals surface area contributed by atoms with Crippen LogP contribution in [0, 0.1) is 5.82 Å². The zero-order valence-electron chi connectivity index (χ0n) is 21.4. The maximum absolute atomic E-state index is 14.0. The van der Waals surface area contributed by atoms with E-state index in [-0.39, 0.29) is 38.8 Å². The molecule has 0 unspecified atom stereocenters. The number of ether oxygens (including phenoxy) is 3. The fraction of sp³-hybridized carbons (Fsp3) is 0.143. The topological polar surface area (TPSA) is 87.6 Å². The van der Waals surface area contributed by atoms with Gasteiger partial charge in [-0.3, -0.25) is 0 Å². The van der Waals surface area contributed by atoms with Crippen LogP contribution < -0.4 is 9.47 Å². The van der Waals surface area contributed by atoms with E-state index in [0.29, 0.717) is 11.3 Å². The molecule has 0 radical (unpaired) electrons. The Kier molecular flexibility index (Phi) is 7.83. The third-order valence-corrected chi connectivity index (χ3v) is 6.89. The molecule has 208 valence electrons. The third kappa shape index (κ3) is 6.07. The number of halogens is 4. The molecule has 0 fully saturated rings. The van der Waals surface area contributed by atoms with Crippen molar-refractivity contribution in [2.24, 2.45) is 0 Å². The molecule has 1 heterocycles. The molecule has 12 heteroatoms. The van der Waals surface area contributed by atoms with Crippen molar-refractivity contribution in [1.82, 2.24) is 9.97 Å². The summed E-state index contributed by atoms with van der Waals surface area (Å²) in [7, 11) is -0.803.